The summed E-state index contributed by atoms with van der Waals surface area (Å²) in [5, 5.41) is 14.6. The summed E-state index contributed by atoms with van der Waals surface area (Å²) in [4.78, 5) is 36.2. The molecular weight excluding hydrogens is 420 g/mol. The third kappa shape index (κ3) is 4.92. The van der Waals surface area contributed by atoms with Crippen LogP contribution in [0.1, 0.15) is 42.7 Å². The van der Waals surface area contributed by atoms with Crippen LogP contribution in [0.4, 0.5) is 4.79 Å². The molecule has 0 aromatic heterocycles. The number of ether oxygens (including phenoxy) is 1. The summed E-state index contributed by atoms with van der Waals surface area (Å²) in [6.45, 7) is 3.76. The summed E-state index contributed by atoms with van der Waals surface area (Å²) in [5.41, 5.74) is 4.64. The van der Waals surface area contributed by atoms with Gasteiger partial charge in [0.15, 0.2) is 0 Å². The monoisotopic (exact) mass is 448 g/mol. The van der Waals surface area contributed by atoms with Crippen LogP contribution in [0.15, 0.2) is 61.2 Å². The molecule has 0 spiro atoms. The Hall–Kier alpha value is -3.61. The molecule has 0 bridgehead atoms. The van der Waals surface area contributed by atoms with Gasteiger partial charge in [-0.15, -0.1) is 6.58 Å². The summed E-state index contributed by atoms with van der Waals surface area (Å²) in [5.74, 6) is -1.74. The topological polar surface area (TPSA) is 105 Å². The number of alkyl carbamates (subject to hydrolysis) is 1. The molecule has 1 saturated carbocycles. The third-order valence-corrected chi connectivity index (χ3v) is 6.49. The number of fused-ring (bicyclic) bond motifs is 3. The van der Waals surface area contributed by atoms with E-state index in [0.29, 0.717) is 19.3 Å². The van der Waals surface area contributed by atoms with Crippen LogP contribution in [0.25, 0.3) is 11.1 Å². The molecule has 2 amide bonds. The molecule has 33 heavy (non-hydrogen) atoms. The molecule has 3 N–H and O–H groups in total. The van der Waals surface area contributed by atoms with E-state index in [2.05, 4.69) is 41.5 Å². The fourth-order valence-corrected chi connectivity index (χ4v) is 4.84. The zero-order valence-corrected chi connectivity index (χ0v) is 18.3. The number of carbonyl (C=O) groups excluding carboxylic acids is 2. The van der Waals surface area contributed by atoms with Crippen LogP contribution in [0, 0.1) is 5.92 Å². The molecule has 1 fully saturated rings. The Morgan fingerprint density at radius 1 is 1.06 bits per heavy atom. The van der Waals surface area contributed by atoms with Gasteiger partial charge in [-0.3, -0.25) is 4.79 Å². The number of rotatable bonds is 8. The zero-order valence-electron chi connectivity index (χ0n) is 18.3. The minimum absolute atomic E-state index is 0.0110. The maximum Gasteiger partial charge on any atom is 0.407 e. The number of hydrogen-bond acceptors (Lipinski definition) is 4. The van der Waals surface area contributed by atoms with E-state index in [1.807, 2.05) is 24.3 Å². The maximum absolute atomic E-state index is 12.5. The van der Waals surface area contributed by atoms with Crippen LogP contribution in [-0.4, -0.2) is 41.8 Å². The van der Waals surface area contributed by atoms with Gasteiger partial charge >= 0.3 is 12.1 Å². The Labute approximate surface area is 192 Å². The predicted molar refractivity (Wildman–Crippen MR) is 124 cm³/mol. The summed E-state index contributed by atoms with van der Waals surface area (Å²) < 4.78 is 5.59. The Morgan fingerprint density at radius 3 is 2.30 bits per heavy atom. The average Bonchev–Trinajstić information content (AvgIpc) is 3.40. The van der Waals surface area contributed by atoms with Crippen molar-refractivity contribution in [1.82, 2.24) is 10.6 Å². The van der Waals surface area contributed by atoms with Crippen molar-refractivity contribution in [1.29, 1.82) is 0 Å². The summed E-state index contributed by atoms with van der Waals surface area (Å²) in [7, 11) is 0. The van der Waals surface area contributed by atoms with E-state index in [0.717, 1.165) is 11.1 Å². The highest BCUT2D eigenvalue weighted by Crippen LogP contribution is 2.44. The molecule has 0 heterocycles. The van der Waals surface area contributed by atoms with Gasteiger partial charge in [-0.1, -0.05) is 54.6 Å². The smallest absolute Gasteiger partial charge is 0.407 e. The lowest BCUT2D eigenvalue weighted by molar-refractivity contribution is -0.142. The normalized spacial score (nSPS) is 19.8. The van der Waals surface area contributed by atoms with Gasteiger partial charge in [-0.25, -0.2) is 9.59 Å². The van der Waals surface area contributed by atoms with E-state index in [4.69, 9.17) is 4.74 Å². The van der Waals surface area contributed by atoms with Crippen LogP contribution >= 0.6 is 0 Å². The largest absolute Gasteiger partial charge is 0.480 e. The number of aliphatic carboxylic acids is 1. The molecule has 0 saturated heterocycles. The number of benzene rings is 2. The van der Waals surface area contributed by atoms with E-state index in [1.165, 1.54) is 17.2 Å². The zero-order chi connectivity index (χ0) is 23.4. The van der Waals surface area contributed by atoms with Crippen molar-refractivity contribution in [3.63, 3.8) is 0 Å². The first-order valence-corrected chi connectivity index (χ1v) is 11.2. The van der Waals surface area contributed by atoms with Crippen LogP contribution in [0.5, 0.6) is 0 Å². The Kier molecular flexibility index (Phi) is 6.77. The molecule has 0 radical (unpaired) electrons. The molecular formula is C26H28N2O5. The van der Waals surface area contributed by atoms with Gasteiger partial charge in [0.05, 0.1) is 0 Å². The molecule has 1 unspecified atom stereocenters. The van der Waals surface area contributed by atoms with Crippen molar-refractivity contribution in [2.75, 3.05) is 6.61 Å². The summed E-state index contributed by atoms with van der Waals surface area (Å²) in [6, 6.07) is 15.1. The van der Waals surface area contributed by atoms with Crippen molar-refractivity contribution in [2.45, 2.75) is 43.7 Å². The van der Waals surface area contributed by atoms with E-state index < -0.39 is 18.1 Å². The van der Waals surface area contributed by atoms with Crippen molar-refractivity contribution in [3.8, 4) is 11.1 Å². The number of hydrogen-bond donors (Lipinski definition) is 3. The number of carboxylic acid groups (broad SMARTS) is 1. The number of carboxylic acids is 1. The van der Waals surface area contributed by atoms with Crippen LogP contribution in [-0.2, 0) is 14.3 Å². The van der Waals surface area contributed by atoms with E-state index in [1.54, 1.807) is 0 Å². The fourth-order valence-electron chi connectivity index (χ4n) is 4.84. The SMILES string of the molecule is C=CCC(NC(=O)[C@@H]1CC[C@H](NC(=O)OCC2c3ccccc3-c3ccccc32)C1)C(=O)O. The maximum atomic E-state index is 12.5. The number of nitrogens with one attached hydrogen (secondary N) is 2. The van der Waals surface area contributed by atoms with E-state index in [9.17, 15) is 19.5 Å². The highest BCUT2D eigenvalue weighted by Gasteiger charge is 2.34. The van der Waals surface area contributed by atoms with Gasteiger partial charge in [-0.2, -0.15) is 0 Å². The number of carbonyl (C=O) groups is 3. The Balaban J connectivity index is 1.29. The van der Waals surface area contributed by atoms with Crippen molar-refractivity contribution in [3.05, 3.63) is 72.3 Å². The predicted octanol–water partition coefficient (Wildman–Crippen LogP) is 3.84. The molecule has 2 aliphatic carbocycles. The fraction of sp³-hybridized carbons (Fsp3) is 0.346. The van der Waals surface area contributed by atoms with E-state index in [-0.39, 0.29) is 36.8 Å². The molecule has 2 aromatic carbocycles. The lowest BCUT2D eigenvalue weighted by Gasteiger charge is -2.18. The van der Waals surface area contributed by atoms with Crippen molar-refractivity contribution in [2.24, 2.45) is 5.92 Å². The molecule has 172 valence electrons. The average molecular weight is 449 g/mol. The first kappa shape index (κ1) is 22.6. The van der Waals surface area contributed by atoms with Crippen molar-refractivity contribution < 1.29 is 24.2 Å². The molecule has 4 rings (SSSR count). The second kappa shape index (κ2) is 9.90. The first-order chi connectivity index (χ1) is 16.0. The molecule has 3 atom stereocenters. The molecule has 0 aliphatic heterocycles. The summed E-state index contributed by atoms with van der Waals surface area (Å²) >= 11 is 0. The molecule has 7 nitrogen and oxygen atoms in total. The second-order valence-electron chi connectivity index (χ2n) is 8.60. The van der Waals surface area contributed by atoms with Gasteiger partial charge < -0.3 is 20.5 Å². The van der Waals surface area contributed by atoms with Gasteiger partial charge in [-0.05, 0) is 47.9 Å². The minimum Gasteiger partial charge on any atom is -0.480 e. The van der Waals surface area contributed by atoms with Crippen LogP contribution in [0.2, 0.25) is 0 Å². The minimum atomic E-state index is -1.09. The lowest BCUT2D eigenvalue weighted by Crippen LogP contribution is -2.43. The van der Waals surface area contributed by atoms with Crippen molar-refractivity contribution >= 4 is 18.0 Å². The lowest BCUT2D eigenvalue weighted by atomic mass is 9.98. The van der Waals surface area contributed by atoms with Gasteiger partial charge in [0.1, 0.15) is 12.6 Å². The van der Waals surface area contributed by atoms with Gasteiger partial charge in [0, 0.05) is 17.9 Å². The highest BCUT2D eigenvalue weighted by molar-refractivity contribution is 5.85. The molecule has 7 heteroatoms. The second-order valence-corrected chi connectivity index (χ2v) is 8.60. The molecule has 2 aliphatic rings. The quantitative estimate of drug-likeness (QED) is 0.532. The first-order valence-electron chi connectivity index (χ1n) is 11.2. The van der Waals surface area contributed by atoms with E-state index >= 15 is 0 Å². The van der Waals surface area contributed by atoms with Gasteiger partial charge in [0.25, 0.3) is 0 Å². The third-order valence-electron chi connectivity index (χ3n) is 6.49. The standard InChI is InChI=1S/C26H28N2O5/c1-2-7-23(25(30)31)28-24(29)16-12-13-17(14-16)27-26(32)33-15-22-20-10-5-3-8-18(20)19-9-4-6-11-21(19)22/h2-6,8-11,16-17,22-23H,1,7,12-15H2,(H,27,32)(H,28,29)(H,30,31)/t16-,17+,23?/m1/s1. The highest BCUT2D eigenvalue weighted by atomic mass is 16.5. The Morgan fingerprint density at radius 2 is 1.70 bits per heavy atom. The van der Waals surface area contributed by atoms with Crippen LogP contribution < -0.4 is 10.6 Å². The number of amides is 2. The Bertz CT molecular complexity index is 1020. The van der Waals surface area contributed by atoms with Gasteiger partial charge in [0.2, 0.25) is 5.91 Å². The summed E-state index contributed by atoms with van der Waals surface area (Å²) in [6.07, 6.45) is 2.81. The molecule has 2 aromatic rings. The van der Waals surface area contributed by atoms with Crippen LogP contribution in [0.3, 0.4) is 0 Å².